The molecular formula is C23H25ClFNO4S. The molecule has 1 amide bonds. The topological polar surface area (TPSA) is 83.5 Å². The minimum atomic E-state index is -3.78. The Morgan fingerprint density at radius 2 is 1.81 bits per heavy atom. The summed E-state index contributed by atoms with van der Waals surface area (Å²) in [5, 5.41) is 12.8. The van der Waals surface area contributed by atoms with Crippen molar-refractivity contribution in [3.05, 3.63) is 58.4 Å². The second-order valence-electron chi connectivity index (χ2n) is 8.90. The second kappa shape index (κ2) is 7.87. The quantitative estimate of drug-likeness (QED) is 0.682. The molecule has 31 heavy (non-hydrogen) atoms. The van der Waals surface area contributed by atoms with Crippen molar-refractivity contribution in [3.8, 4) is 0 Å². The molecular weight excluding hydrogens is 441 g/mol. The number of aliphatic hydroxyl groups is 1. The first-order chi connectivity index (χ1) is 14.5. The van der Waals surface area contributed by atoms with Gasteiger partial charge in [0.25, 0.3) is 5.91 Å². The summed E-state index contributed by atoms with van der Waals surface area (Å²) in [7, 11) is -3.78. The van der Waals surface area contributed by atoms with Crippen LogP contribution in [-0.4, -0.2) is 30.3 Å². The summed E-state index contributed by atoms with van der Waals surface area (Å²) in [5.74, 6) is -1.000. The Kier molecular flexibility index (Phi) is 5.65. The van der Waals surface area contributed by atoms with Crippen molar-refractivity contribution in [2.75, 3.05) is 5.32 Å². The Bertz CT molecular complexity index is 1130. The van der Waals surface area contributed by atoms with Gasteiger partial charge < -0.3 is 10.4 Å². The van der Waals surface area contributed by atoms with E-state index in [4.69, 9.17) is 11.6 Å². The standard InChI is InChI=1S/C23H25ClFNO4S/c1-13-9-17(6-8-20(13)25)26-22(27)14-3-7-19(24)21(10-14)31(29,30)18-11-15-4-5-16(12-18)23(15,2)28/h3,6-10,15-16,18,28H,4-5,11-12H2,1-2H3,(H,26,27)/t15-,16?,18-,23-/m0/s1. The molecule has 4 atom stereocenters. The van der Waals surface area contributed by atoms with Gasteiger partial charge in [0.15, 0.2) is 9.84 Å². The van der Waals surface area contributed by atoms with Crippen molar-refractivity contribution in [2.24, 2.45) is 11.8 Å². The minimum absolute atomic E-state index is 0.0574. The molecule has 0 spiro atoms. The van der Waals surface area contributed by atoms with E-state index >= 15 is 0 Å². The van der Waals surface area contributed by atoms with Crippen LogP contribution in [0.15, 0.2) is 41.3 Å². The van der Waals surface area contributed by atoms with E-state index in [1.165, 1.54) is 36.4 Å². The fourth-order valence-corrected chi connectivity index (χ4v) is 7.39. The molecule has 2 aliphatic rings. The number of hydrogen-bond acceptors (Lipinski definition) is 4. The van der Waals surface area contributed by atoms with Gasteiger partial charge in [-0.1, -0.05) is 11.6 Å². The number of anilines is 1. The van der Waals surface area contributed by atoms with Gasteiger partial charge >= 0.3 is 0 Å². The van der Waals surface area contributed by atoms with Gasteiger partial charge in [0.2, 0.25) is 0 Å². The fraction of sp³-hybridized carbons (Fsp3) is 0.435. The zero-order valence-corrected chi connectivity index (χ0v) is 18.9. The lowest BCUT2D eigenvalue weighted by Gasteiger charge is -2.40. The van der Waals surface area contributed by atoms with Crippen LogP contribution in [0.4, 0.5) is 10.1 Å². The van der Waals surface area contributed by atoms with Gasteiger partial charge in [-0.3, -0.25) is 4.79 Å². The molecule has 0 aromatic heterocycles. The molecule has 2 aliphatic carbocycles. The van der Waals surface area contributed by atoms with Crippen molar-refractivity contribution < 1.29 is 22.7 Å². The third kappa shape index (κ3) is 3.99. The van der Waals surface area contributed by atoms with Crippen molar-refractivity contribution in [2.45, 2.75) is 55.3 Å². The molecule has 166 valence electrons. The lowest BCUT2D eigenvalue weighted by molar-refractivity contribution is -0.0413. The summed E-state index contributed by atoms with van der Waals surface area (Å²) >= 11 is 6.25. The SMILES string of the molecule is Cc1cc(NC(=O)c2ccc(Cl)c(S(=O)(=O)[C@@H]3CC4CC[C@@H](C3)[C@]4(C)O)c2)ccc1F. The number of halogens is 2. The number of benzene rings is 2. The van der Waals surface area contributed by atoms with E-state index < -0.39 is 26.6 Å². The highest BCUT2D eigenvalue weighted by Crippen LogP contribution is 2.51. The molecule has 2 bridgehead atoms. The molecule has 0 radical (unpaired) electrons. The summed E-state index contributed by atoms with van der Waals surface area (Å²) in [4.78, 5) is 12.6. The maximum atomic E-state index is 13.5. The van der Waals surface area contributed by atoms with Gasteiger partial charge in [-0.05, 0) is 93.3 Å². The Balaban J connectivity index is 1.60. The van der Waals surface area contributed by atoms with E-state index in [2.05, 4.69) is 5.32 Å². The largest absolute Gasteiger partial charge is 0.390 e. The van der Waals surface area contributed by atoms with Crippen LogP contribution in [0.25, 0.3) is 0 Å². The van der Waals surface area contributed by atoms with Gasteiger partial charge in [0, 0.05) is 11.3 Å². The molecule has 4 rings (SSSR count). The molecule has 5 nitrogen and oxygen atoms in total. The number of hydrogen-bond donors (Lipinski definition) is 2. The van der Waals surface area contributed by atoms with Crippen molar-refractivity contribution in [1.29, 1.82) is 0 Å². The van der Waals surface area contributed by atoms with E-state index in [0.717, 1.165) is 12.8 Å². The monoisotopic (exact) mass is 465 g/mol. The maximum absolute atomic E-state index is 13.5. The Morgan fingerprint density at radius 3 is 2.42 bits per heavy atom. The summed E-state index contributed by atoms with van der Waals surface area (Å²) in [6.07, 6.45) is 2.40. The van der Waals surface area contributed by atoms with Crippen LogP contribution in [-0.2, 0) is 9.84 Å². The smallest absolute Gasteiger partial charge is 0.255 e. The lowest BCUT2D eigenvalue weighted by atomic mass is 9.76. The first-order valence-electron chi connectivity index (χ1n) is 10.3. The van der Waals surface area contributed by atoms with E-state index in [-0.39, 0.29) is 33.1 Å². The van der Waals surface area contributed by atoms with Crippen LogP contribution < -0.4 is 5.32 Å². The average molecular weight is 466 g/mol. The Hall–Kier alpha value is -1.96. The molecule has 2 aromatic carbocycles. The van der Waals surface area contributed by atoms with Crippen LogP contribution in [0, 0.1) is 24.6 Å². The molecule has 0 aliphatic heterocycles. The number of amides is 1. The van der Waals surface area contributed by atoms with E-state index in [1.807, 2.05) is 0 Å². The molecule has 0 heterocycles. The Morgan fingerprint density at radius 1 is 1.16 bits per heavy atom. The van der Waals surface area contributed by atoms with Crippen molar-refractivity contribution in [1.82, 2.24) is 0 Å². The van der Waals surface area contributed by atoms with Crippen molar-refractivity contribution in [3.63, 3.8) is 0 Å². The number of carbonyl (C=O) groups excluding carboxylic acids is 1. The summed E-state index contributed by atoms with van der Waals surface area (Å²) in [6, 6.07) is 8.38. The molecule has 0 saturated heterocycles. The van der Waals surface area contributed by atoms with Crippen LogP contribution in [0.1, 0.15) is 48.5 Å². The highest BCUT2D eigenvalue weighted by atomic mass is 35.5. The third-order valence-electron chi connectivity index (χ3n) is 6.97. The van der Waals surface area contributed by atoms with Gasteiger partial charge in [-0.2, -0.15) is 0 Å². The van der Waals surface area contributed by atoms with Crippen LogP contribution >= 0.6 is 11.6 Å². The number of rotatable bonds is 4. The summed E-state index contributed by atoms with van der Waals surface area (Å²) in [6.45, 7) is 3.39. The molecule has 2 aromatic rings. The molecule has 1 unspecified atom stereocenters. The third-order valence-corrected chi connectivity index (χ3v) is 9.62. The van der Waals surface area contributed by atoms with E-state index in [9.17, 15) is 22.7 Å². The van der Waals surface area contributed by atoms with E-state index in [0.29, 0.717) is 24.1 Å². The normalized spacial score (nSPS) is 27.8. The first kappa shape index (κ1) is 22.2. The zero-order chi connectivity index (χ0) is 22.6. The van der Waals surface area contributed by atoms with Gasteiger partial charge in [0.05, 0.1) is 20.8 Å². The average Bonchev–Trinajstić information content (AvgIpc) is 2.87. The second-order valence-corrected chi connectivity index (χ2v) is 11.5. The number of nitrogens with one attached hydrogen (secondary N) is 1. The lowest BCUT2D eigenvalue weighted by Crippen LogP contribution is -2.45. The van der Waals surface area contributed by atoms with Crippen LogP contribution in [0.2, 0.25) is 5.02 Å². The fourth-order valence-electron chi connectivity index (χ4n) is 4.99. The number of aryl methyl sites for hydroxylation is 1. The molecule has 8 heteroatoms. The van der Waals surface area contributed by atoms with Crippen molar-refractivity contribution >= 4 is 33.0 Å². The summed E-state index contributed by atoms with van der Waals surface area (Å²) in [5.41, 5.74) is 0.121. The molecule has 2 fully saturated rings. The predicted molar refractivity (Wildman–Crippen MR) is 118 cm³/mol. The number of sulfone groups is 1. The van der Waals surface area contributed by atoms with Gasteiger partial charge in [-0.25, -0.2) is 12.8 Å². The predicted octanol–water partition coefficient (Wildman–Crippen LogP) is 4.75. The Labute approximate surface area is 186 Å². The maximum Gasteiger partial charge on any atom is 0.255 e. The minimum Gasteiger partial charge on any atom is -0.390 e. The number of carbonyl (C=O) groups is 1. The van der Waals surface area contributed by atoms with Gasteiger partial charge in [-0.15, -0.1) is 0 Å². The molecule has 2 saturated carbocycles. The summed E-state index contributed by atoms with van der Waals surface area (Å²) < 4.78 is 40.3. The molecule has 2 N–H and O–H groups in total. The van der Waals surface area contributed by atoms with Gasteiger partial charge in [0.1, 0.15) is 5.82 Å². The van der Waals surface area contributed by atoms with Crippen LogP contribution in [0.5, 0.6) is 0 Å². The van der Waals surface area contributed by atoms with E-state index in [1.54, 1.807) is 13.8 Å². The van der Waals surface area contributed by atoms with Crippen LogP contribution in [0.3, 0.4) is 0 Å². The highest BCUT2D eigenvalue weighted by molar-refractivity contribution is 7.92. The highest BCUT2D eigenvalue weighted by Gasteiger charge is 2.53. The zero-order valence-electron chi connectivity index (χ0n) is 17.4. The number of fused-ring (bicyclic) bond motifs is 2. The first-order valence-corrected chi connectivity index (χ1v) is 12.3.